The molecule has 3 unspecified atom stereocenters. The van der Waals surface area contributed by atoms with E-state index in [2.05, 4.69) is 10.6 Å². The number of amides is 3. The second-order valence-electron chi connectivity index (χ2n) is 7.05. The van der Waals surface area contributed by atoms with Gasteiger partial charge >= 0.3 is 6.03 Å². The molecular formula is C15H24N4O2. The Morgan fingerprint density at radius 1 is 1.19 bits per heavy atom. The smallest absolute Gasteiger partial charge is 0.317 e. The van der Waals surface area contributed by atoms with Crippen LogP contribution in [-0.4, -0.2) is 66.0 Å². The lowest BCUT2D eigenvalue weighted by Crippen LogP contribution is -2.54. The van der Waals surface area contributed by atoms with Crippen molar-refractivity contribution in [3.05, 3.63) is 0 Å². The Morgan fingerprint density at radius 3 is 2.71 bits per heavy atom. The quantitative estimate of drug-likeness (QED) is 0.761. The molecule has 116 valence electrons. The topological polar surface area (TPSA) is 64.7 Å². The number of hydrogen-bond acceptors (Lipinski definition) is 3. The number of hydrogen-bond donors (Lipinski definition) is 2. The van der Waals surface area contributed by atoms with Crippen LogP contribution in [0.25, 0.3) is 0 Å². The number of urea groups is 1. The molecule has 4 aliphatic rings. The summed E-state index contributed by atoms with van der Waals surface area (Å²) in [5.41, 5.74) is 0. The van der Waals surface area contributed by atoms with E-state index in [4.69, 9.17) is 0 Å². The van der Waals surface area contributed by atoms with Crippen LogP contribution in [0.4, 0.5) is 4.79 Å². The SMILES string of the molecule is O=C(CC1CC2CCC(C1)N2)N1CCN2C(=O)NCC2C1. The highest BCUT2D eigenvalue weighted by atomic mass is 16.2. The number of fused-ring (bicyclic) bond motifs is 3. The van der Waals surface area contributed by atoms with Gasteiger partial charge in [-0.2, -0.15) is 0 Å². The van der Waals surface area contributed by atoms with E-state index in [1.54, 1.807) is 0 Å². The van der Waals surface area contributed by atoms with Crippen molar-refractivity contribution in [1.29, 1.82) is 0 Å². The summed E-state index contributed by atoms with van der Waals surface area (Å²) >= 11 is 0. The predicted molar refractivity (Wildman–Crippen MR) is 77.8 cm³/mol. The fourth-order valence-corrected chi connectivity index (χ4v) is 4.55. The molecule has 21 heavy (non-hydrogen) atoms. The van der Waals surface area contributed by atoms with E-state index in [0.29, 0.717) is 56.5 Å². The number of carbonyl (C=O) groups excluding carboxylic acids is 2. The van der Waals surface area contributed by atoms with E-state index in [9.17, 15) is 9.59 Å². The minimum absolute atomic E-state index is 0.0297. The third kappa shape index (κ3) is 2.50. The number of carbonyl (C=O) groups is 2. The van der Waals surface area contributed by atoms with E-state index in [1.807, 2.05) is 9.80 Å². The van der Waals surface area contributed by atoms with Gasteiger partial charge < -0.3 is 20.4 Å². The van der Waals surface area contributed by atoms with Crippen molar-refractivity contribution < 1.29 is 9.59 Å². The Kier molecular flexibility index (Phi) is 3.28. The molecule has 4 saturated heterocycles. The zero-order chi connectivity index (χ0) is 14.4. The van der Waals surface area contributed by atoms with Gasteiger partial charge in [-0.15, -0.1) is 0 Å². The van der Waals surface area contributed by atoms with Crippen molar-refractivity contribution in [2.75, 3.05) is 26.2 Å². The Morgan fingerprint density at radius 2 is 1.95 bits per heavy atom. The second kappa shape index (κ2) is 5.16. The number of piperazine rings is 1. The molecule has 0 saturated carbocycles. The highest BCUT2D eigenvalue weighted by Crippen LogP contribution is 2.33. The van der Waals surface area contributed by atoms with Crippen molar-refractivity contribution in [2.45, 2.75) is 50.2 Å². The van der Waals surface area contributed by atoms with Gasteiger partial charge in [0.1, 0.15) is 0 Å². The first-order valence-corrected chi connectivity index (χ1v) is 8.27. The van der Waals surface area contributed by atoms with Crippen LogP contribution < -0.4 is 10.6 Å². The highest BCUT2D eigenvalue weighted by Gasteiger charge is 2.38. The maximum atomic E-state index is 12.6. The van der Waals surface area contributed by atoms with Gasteiger partial charge in [0.05, 0.1) is 6.04 Å². The van der Waals surface area contributed by atoms with Gasteiger partial charge in [-0.1, -0.05) is 0 Å². The van der Waals surface area contributed by atoms with Gasteiger partial charge in [0, 0.05) is 44.7 Å². The molecule has 0 aromatic heterocycles. The van der Waals surface area contributed by atoms with E-state index >= 15 is 0 Å². The molecule has 0 aromatic rings. The maximum Gasteiger partial charge on any atom is 0.317 e. The van der Waals surface area contributed by atoms with Crippen LogP contribution in [-0.2, 0) is 4.79 Å². The first-order chi connectivity index (χ1) is 10.2. The number of nitrogens with one attached hydrogen (secondary N) is 2. The van der Waals surface area contributed by atoms with Gasteiger partial charge in [-0.05, 0) is 31.6 Å². The van der Waals surface area contributed by atoms with Crippen LogP contribution in [0.5, 0.6) is 0 Å². The lowest BCUT2D eigenvalue weighted by Gasteiger charge is -2.37. The molecular weight excluding hydrogens is 268 g/mol. The third-order valence-corrected chi connectivity index (χ3v) is 5.62. The molecule has 6 nitrogen and oxygen atoms in total. The summed E-state index contributed by atoms with van der Waals surface area (Å²) in [7, 11) is 0. The largest absolute Gasteiger partial charge is 0.339 e. The fraction of sp³-hybridized carbons (Fsp3) is 0.867. The Hall–Kier alpha value is -1.30. The normalized spacial score (nSPS) is 38.4. The second-order valence-corrected chi connectivity index (χ2v) is 7.05. The van der Waals surface area contributed by atoms with Crippen LogP contribution in [0, 0.1) is 5.92 Å². The van der Waals surface area contributed by atoms with Gasteiger partial charge in [-0.25, -0.2) is 4.79 Å². The molecule has 0 radical (unpaired) electrons. The Bertz CT molecular complexity index is 443. The van der Waals surface area contributed by atoms with Crippen LogP contribution in [0.1, 0.15) is 32.1 Å². The van der Waals surface area contributed by atoms with Crippen LogP contribution in [0.3, 0.4) is 0 Å². The standard InChI is InChI=1S/C15H24N4O2/c20-14(7-10-5-11-1-2-12(6-10)17-11)18-3-4-19-13(9-18)8-16-15(19)21/h10-13,17H,1-9H2,(H,16,21). The zero-order valence-electron chi connectivity index (χ0n) is 12.4. The average Bonchev–Trinajstić information content (AvgIpc) is 3.02. The summed E-state index contributed by atoms with van der Waals surface area (Å²) in [6, 6.07) is 1.51. The van der Waals surface area contributed by atoms with E-state index < -0.39 is 0 Å². The molecule has 3 atom stereocenters. The predicted octanol–water partition coefficient (Wildman–Crippen LogP) is 0.143. The average molecular weight is 292 g/mol. The van der Waals surface area contributed by atoms with Crippen molar-refractivity contribution >= 4 is 11.9 Å². The van der Waals surface area contributed by atoms with Crippen molar-refractivity contribution in [2.24, 2.45) is 5.92 Å². The van der Waals surface area contributed by atoms with Gasteiger partial charge in [-0.3, -0.25) is 4.79 Å². The monoisotopic (exact) mass is 292 g/mol. The van der Waals surface area contributed by atoms with Crippen molar-refractivity contribution in [3.63, 3.8) is 0 Å². The molecule has 0 aliphatic carbocycles. The number of rotatable bonds is 2. The number of nitrogens with zero attached hydrogens (tertiary/aromatic N) is 2. The van der Waals surface area contributed by atoms with Gasteiger partial charge in [0.25, 0.3) is 0 Å². The highest BCUT2D eigenvalue weighted by molar-refractivity contribution is 5.79. The molecule has 4 heterocycles. The zero-order valence-corrected chi connectivity index (χ0v) is 12.4. The molecule has 6 heteroatoms. The third-order valence-electron chi connectivity index (χ3n) is 5.62. The minimum atomic E-state index is 0.0297. The summed E-state index contributed by atoms with van der Waals surface area (Å²) in [6.45, 7) is 2.76. The first kappa shape index (κ1) is 13.4. The Labute approximate surface area is 125 Å². The first-order valence-electron chi connectivity index (χ1n) is 8.27. The molecule has 3 amide bonds. The lowest BCUT2D eigenvalue weighted by molar-refractivity contribution is -0.134. The summed E-state index contributed by atoms with van der Waals surface area (Å²) in [5, 5.41) is 6.49. The fourth-order valence-electron chi connectivity index (χ4n) is 4.55. The molecule has 0 aromatic carbocycles. The summed E-state index contributed by atoms with van der Waals surface area (Å²) in [6.07, 6.45) is 5.58. The number of piperidine rings is 1. The van der Waals surface area contributed by atoms with Crippen LogP contribution in [0.2, 0.25) is 0 Å². The van der Waals surface area contributed by atoms with Gasteiger partial charge in [0.15, 0.2) is 0 Å². The molecule has 4 rings (SSSR count). The summed E-state index contributed by atoms with van der Waals surface area (Å²) < 4.78 is 0. The van der Waals surface area contributed by atoms with E-state index in [1.165, 1.54) is 12.8 Å². The molecule has 2 bridgehead atoms. The Balaban J connectivity index is 1.32. The van der Waals surface area contributed by atoms with Gasteiger partial charge in [0.2, 0.25) is 5.91 Å². The van der Waals surface area contributed by atoms with Crippen LogP contribution in [0.15, 0.2) is 0 Å². The lowest BCUT2D eigenvalue weighted by atomic mass is 9.89. The van der Waals surface area contributed by atoms with E-state index in [0.717, 1.165) is 12.8 Å². The summed E-state index contributed by atoms with van der Waals surface area (Å²) in [5.74, 6) is 0.845. The van der Waals surface area contributed by atoms with E-state index in [-0.39, 0.29) is 12.1 Å². The van der Waals surface area contributed by atoms with Crippen molar-refractivity contribution in [1.82, 2.24) is 20.4 Å². The maximum absolute atomic E-state index is 12.6. The molecule has 4 fully saturated rings. The van der Waals surface area contributed by atoms with Crippen LogP contribution >= 0.6 is 0 Å². The minimum Gasteiger partial charge on any atom is -0.339 e. The molecule has 2 N–H and O–H groups in total. The summed E-state index contributed by atoms with van der Waals surface area (Å²) in [4.78, 5) is 28.0. The molecule has 4 aliphatic heterocycles. The van der Waals surface area contributed by atoms with Crippen molar-refractivity contribution in [3.8, 4) is 0 Å². The molecule has 0 spiro atoms.